The Bertz CT molecular complexity index is 818. The van der Waals surface area contributed by atoms with E-state index < -0.39 is 5.97 Å². The van der Waals surface area contributed by atoms with Gasteiger partial charge in [-0.2, -0.15) is 0 Å². The van der Waals surface area contributed by atoms with Crippen LogP contribution in [0.15, 0.2) is 24.3 Å². The molecule has 6 nitrogen and oxygen atoms in total. The van der Waals surface area contributed by atoms with Crippen LogP contribution in [0.4, 0.5) is 5.69 Å². The van der Waals surface area contributed by atoms with Crippen molar-refractivity contribution < 1.29 is 14.3 Å². The van der Waals surface area contributed by atoms with Gasteiger partial charge in [0.2, 0.25) is 0 Å². The number of rotatable bonds is 6. The van der Waals surface area contributed by atoms with Crippen molar-refractivity contribution in [3.05, 3.63) is 52.3 Å². The Morgan fingerprint density at radius 2 is 1.81 bits per heavy atom. The summed E-state index contributed by atoms with van der Waals surface area (Å²) < 4.78 is 5.07. The van der Waals surface area contributed by atoms with Crippen LogP contribution in [0.1, 0.15) is 57.4 Å². The van der Waals surface area contributed by atoms with Gasteiger partial charge in [-0.3, -0.25) is 9.69 Å². The largest absolute Gasteiger partial charge is 0.462 e. The summed E-state index contributed by atoms with van der Waals surface area (Å²) in [6, 6.07) is 7.93. The first-order valence-corrected chi connectivity index (χ1v) is 9.48. The number of H-pyrrole nitrogens is 1. The maximum absolute atomic E-state index is 12.6. The third-order valence-corrected chi connectivity index (χ3v) is 4.96. The zero-order valence-corrected chi connectivity index (χ0v) is 16.2. The zero-order valence-electron chi connectivity index (χ0n) is 16.2. The van der Waals surface area contributed by atoms with Crippen molar-refractivity contribution in [1.82, 2.24) is 9.88 Å². The topological polar surface area (TPSA) is 74.4 Å². The van der Waals surface area contributed by atoms with E-state index in [0.717, 1.165) is 25.3 Å². The molecule has 0 spiro atoms. The van der Waals surface area contributed by atoms with Crippen molar-refractivity contribution in [3.63, 3.8) is 0 Å². The van der Waals surface area contributed by atoms with E-state index in [0.29, 0.717) is 29.1 Å². The first-order chi connectivity index (χ1) is 13.0. The number of carbonyl (C=O) groups excluding carboxylic acids is 2. The number of benzene rings is 1. The summed E-state index contributed by atoms with van der Waals surface area (Å²) in [5.41, 5.74) is 4.03. The molecule has 2 aromatic rings. The second-order valence-corrected chi connectivity index (χ2v) is 6.98. The number of ether oxygens (including phenoxy) is 1. The molecular formula is C21H27N3O3. The van der Waals surface area contributed by atoms with Gasteiger partial charge in [0.05, 0.1) is 12.2 Å². The minimum atomic E-state index is -0.408. The van der Waals surface area contributed by atoms with Gasteiger partial charge in [0.25, 0.3) is 5.91 Å². The summed E-state index contributed by atoms with van der Waals surface area (Å²) >= 11 is 0. The molecule has 0 unspecified atom stereocenters. The van der Waals surface area contributed by atoms with Crippen LogP contribution < -0.4 is 5.32 Å². The number of nitrogens with zero attached hydrogens (tertiary/aromatic N) is 1. The van der Waals surface area contributed by atoms with Crippen LogP contribution in [-0.4, -0.2) is 41.5 Å². The second kappa shape index (κ2) is 8.39. The van der Waals surface area contributed by atoms with E-state index in [1.807, 2.05) is 24.3 Å². The fourth-order valence-electron chi connectivity index (χ4n) is 3.57. The van der Waals surface area contributed by atoms with Crippen LogP contribution in [0.5, 0.6) is 0 Å². The number of hydrogen-bond donors (Lipinski definition) is 2. The zero-order chi connectivity index (χ0) is 19.4. The molecule has 3 rings (SSSR count). The Labute approximate surface area is 159 Å². The third kappa shape index (κ3) is 4.39. The van der Waals surface area contributed by atoms with Gasteiger partial charge in [-0.05, 0) is 70.0 Å². The number of esters is 1. The van der Waals surface area contributed by atoms with Crippen molar-refractivity contribution in [2.45, 2.75) is 40.2 Å². The molecule has 2 heterocycles. The second-order valence-electron chi connectivity index (χ2n) is 6.98. The molecule has 0 saturated carbocycles. The lowest BCUT2D eigenvalue weighted by molar-refractivity contribution is 0.0525. The Morgan fingerprint density at radius 1 is 1.15 bits per heavy atom. The normalized spacial score (nSPS) is 14.3. The molecule has 0 bridgehead atoms. The third-order valence-electron chi connectivity index (χ3n) is 4.96. The molecule has 6 heteroatoms. The smallest absolute Gasteiger partial charge is 0.340 e. The number of aryl methyl sites for hydroxylation is 1. The predicted octanol–water partition coefficient (Wildman–Crippen LogP) is 3.66. The lowest BCUT2D eigenvalue weighted by Crippen LogP contribution is -2.18. The quantitative estimate of drug-likeness (QED) is 0.762. The van der Waals surface area contributed by atoms with E-state index in [2.05, 4.69) is 15.2 Å². The maximum Gasteiger partial charge on any atom is 0.340 e. The lowest BCUT2D eigenvalue weighted by Gasteiger charge is -2.14. The average Bonchev–Trinajstić information content (AvgIpc) is 3.24. The summed E-state index contributed by atoms with van der Waals surface area (Å²) in [5, 5.41) is 2.90. The Morgan fingerprint density at radius 3 is 2.44 bits per heavy atom. The number of carbonyl (C=O) groups is 2. The molecule has 1 amide bonds. The van der Waals surface area contributed by atoms with Crippen LogP contribution in [0.25, 0.3) is 0 Å². The fraction of sp³-hybridized carbons (Fsp3) is 0.429. The molecule has 0 aliphatic carbocycles. The summed E-state index contributed by atoms with van der Waals surface area (Å²) in [5.74, 6) is -0.674. The van der Waals surface area contributed by atoms with Crippen LogP contribution in [-0.2, 0) is 11.3 Å². The highest BCUT2D eigenvalue weighted by Gasteiger charge is 2.23. The standard InChI is InChI=1S/C21H27N3O3/c1-4-27-21(26)18-14(2)19(22-15(18)3)20(25)23-17-9-7-16(8-10-17)13-24-11-5-6-12-24/h7-10,22H,4-6,11-13H2,1-3H3,(H,23,25). The number of likely N-dealkylation sites (tertiary alicyclic amines) is 1. The van der Waals surface area contributed by atoms with E-state index >= 15 is 0 Å². The number of amides is 1. The predicted molar refractivity (Wildman–Crippen MR) is 105 cm³/mol. The van der Waals surface area contributed by atoms with Crippen LogP contribution in [0.3, 0.4) is 0 Å². The van der Waals surface area contributed by atoms with E-state index in [-0.39, 0.29) is 5.91 Å². The molecule has 144 valence electrons. The number of nitrogens with one attached hydrogen (secondary N) is 2. The van der Waals surface area contributed by atoms with Crippen molar-refractivity contribution in [3.8, 4) is 0 Å². The fourth-order valence-corrected chi connectivity index (χ4v) is 3.57. The van der Waals surface area contributed by atoms with E-state index in [4.69, 9.17) is 4.74 Å². The van der Waals surface area contributed by atoms with Crippen molar-refractivity contribution in [2.75, 3.05) is 25.0 Å². The Kier molecular flexibility index (Phi) is 5.96. The minimum absolute atomic E-state index is 0.265. The monoisotopic (exact) mass is 369 g/mol. The molecular weight excluding hydrogens is 342 g/mol. The van der Waals surface area contributed by atoms with Gasteiger partial charge in [0.15, 0.2) is 0 Å². The van der Waals surface area contributed by atoms with Gasteiger partial charge in [-0.15, -0.1) is 0 Å². The maximum atomic E-state index is 12.6. The number of aromatic nitrogens is 1. The summed E-state index contributed by atoms with van der Waals surface area (Å²) in [4.78, 5) is 30.2. The first kappa shape index (κ1) is 19.2. The van der Waals surface area contributed by atoms with Crippen molar-refractivity contribution >= 4 is 17.6 Å². The summed E-state index contributed by atoms with van der Waals surface area (Å²) in [7, 11) is 0. The minimum Gasteiger partial charge on any atom is -0.462 e. The average molecular weight is 369 g/mol. The van der Waals surface area contributed by atoms with Crippen molar-refractivity contribution in [1.29, 1.82) is 0 Å². The molecule has 1 aromatic carbocycles. The highest BCUT2D eigenvalue weighted by Crippen LogP contribution is 2.21. The first-order valence-electron chi connectivity index (χ1n) is 9.48. The molecule has 1 aliphatic heterocycles. The summed E-state index contributed by atoms with van der Waals surface area (Å²) in [6.07, 6.45) is 2.55. The van der Waals surface area contributed by atoms with Gasteiger partial charge in [-0.25, -0.2) is 4.79 Å². The van der Waals surface area contributed by atoms with Crippen molar-refractivity contribution in [2.24, 2.45) is 0 Å². The molecule has 0 radical (unpaired) electrons. The Hall–Kier alpha value is -2.60. The van der Waals surface area contributed by atoms with E-state index in [1.54, 1.807) is 20.8 Å². The van der Waals surface area contributed by atoms with Gasteiger partial charge in [0.1, 0.15) is 5.69 Å². The van der Waals surface area contributed by atoms with E-state index in [1.165, 1.54) is 18.4 Å². The number of aromatic amines is 1. The van der Waals surface area contributed by atoms with Gasteiger partial charge < -0.3 is 15.0 Å². The highest BCUT2D eigenvalue weighted by molar-refractivity contribution is 6.06. The SMILES string of the molecule is CCOC(=O)c1c(C)[nH]c(C(=O)Nc2ccc(CN3CCCC3)cc2)c1C. The van der Waals surface area contributed by atoms with Crippen LogP contribution in [0, 0.1) is 13.8 Å². The number of anilines is 1. The van der Waals surface area contributed by atoms with Gasteiger partial charge in [-0.1, -0.05) is 12.1 Å². The van der Waals surface area contributed by atoms with Gasteiger partial charge in [0, 0.05) is 17.9 Å². The van der Waals surface area contributed by atoms with Crippen LogP contribution in [0.2, 0.25) is 0 Å². The number of hydrogen-bond acceptors (Lipinski definition) is 4. The van der Waals surface area contributed by atoms with Crippen LogP contribution >= 0.6 is 0 Å². The highest BCUT2D eigenvalue weighted by atomic mass is 16.5. The molecule has 0 atom stereocenters. The Balaban J connectivity index is 1.68. The molecule has 1 aromatic heterocycles. The molecule has 1 aliphatic rings. The summed E-state index contributed by atoms with van der Waals surface area (Å²) in [6.45, 7) is 8.85. The van der Waals surface area contributed by atoms with E-state index in [9.17, 15) is 9.59 Å². The molecule has 1 fully saturated rings. The molecule has 27 heavy (non-hydrogen) atoms. The molecule has 1 saturated heterocycles. The van der Waals surface area contributed by atoms with Gasteiger partial charge >= 0.3 is 5.97 Å². The molecule has 2 N–H and O–H groups in total. The lowest BCUT2D eigenvalue weighted by atomic mass is 10.1.